The fourth-order valence-electron chi connectivity index (χ4n) is 2.63. The Labute approximate surface area is 168 Å². The molecule has 0 saturated carbocycles. The van der Waals surface area contributed by atoms with Crippen LogP contribution in [0.25, 0.3) is 11.5 Å². The Bertz CT molecular complexity index is 800. The van der Waals surface area contributed by atoms with Gasteiger partial charge in [-0.25, -0.2) is 4.98 Å². The number of aromatic nitrogens is 1. The van der Waals surface area contributed by atoms with E-state index in [4.69, 9.17) is 13.9 Å². The smallest absolute Gasteiger partial charge is 0.232 e. The molecule has 0 aliphatic rings. The number of rotatable bonds is 11. The van der Waals surface area contributed by atoms with Gasteiger partial charge in [-0.2, -0.15) is 0 Å². The van der Waals surface area contributed by atoms with Gasteiger partial charge in [0.15, 0.2) is 6.29 Å². The standard InChI is InChI=1S/C20H28N2O5S/c1-5-25-19(26-6-2)11-21-18(23)13-28(24)12-17-15(4)27-20(22-17)16-10-8-7-9-14(16)3/h7-10,19H,5-6,11-13H2,1-4H3,(H,21,23). The van der Waals surface area contributed by atoms with Crippen molar-refractivity contribution >= 4 is 16.7 Å². The Hall–Kier alpha value is -2.03. The van der Waals surface area contributed by atoms with E-state index in [0.717, 1.165) is 11.1 Å². The van der Waals surface area contributed by atoms with Crippen LogP contribution in [0.2, 0.25) is 0 Å². The molecule has 154 valence electrons. The third-order valence-electron chi connectivity index (χ3n) is 4.03. The lowest BCUT2D eigenvalue weighted by atomic mass is 10.1. The maximum absolute atomic E-state index is 12.4. The molecule has 0 bridgehead atoms. The van der Waals surface area contributed by atoms with Gasteiger partial charge in [0, 0.05) is 29.6 Å². The number of carbonyl (C=O) groups excluding carboxylic acids is 1. The number of hydrogen-bond donors (Lipinski definition) is 1. The van der Waals surface area contributed by atoms with Crippen molar-refractivity contribution in [2.75, 3.05) is 25.5 Å². The molecule has 1 atom stereocenters. The van der Waals surface area contributed by atoms with Crippen LogP contribution >= 0.6 is 0 Å². The highest BCUT2D eigenvalue weighted by atomic mass is 32.2. The normalized spacial score (nSPS) is 12.3. The third-order valence-corrected chi connectivity index (χ3v) is 5.21. The molecule has 0 aliphatic heterocycles. The van der Waals surface area contributed by atoms with Gasteiger partial charge in [-0.05, 0) is 39.3 Å². The molecule has 28 heavy (non-hydrogen) atoms. The molecule has 1 unspecified atom stereocenters. The maximum Gasteiger partial charge on any atom is 0.232 e. The van der Waals surface area contributed by atoms with Gasteiger partial charge >= 0.3 is 0 Å². The van der Waals surface area contributed by atoms with E-state index >= 15 is 0 Å². The summed E-state index contributed by atoms with van der Waals surface area (Å²) in [5.41, 5.74) is 2.55. The molecule has 1 heterocycles. The van der Waals surface area contributed by atoms with Crippen molar-refractivity contribution in [1.29, 1.82) is 0 Å². The minimum Gasteiger partial charge on any atom is -0.441 e. The van der Waals surface area contributed by atoms with E-state index in [-0.39, 0.29) is 24.0 Å². The van der Waals surface area contributed by atoms with Crippen molar-refractivity contribution in [3.63, 3.8) is 0 Å². The lowest BCUT2D eigenvalue weighted by Crippen LogP contribution is -2.37. The number of hydrogen-bond acceptors (Lipinski definition) is 6. The van der Waals surface area contributed by atoms with Crippen LogP contribution in [0.5, 0.6) is 0 Å². The highest BCUT2D eigenvalue weighted by molar-refractivity contribution is 7.84. The Morgan fingerprint density at radius 3 is 2.54 bits per heavy atom. The van der Waals surface area contributed by atoms with Gasteiger partial charge in [-0.3, -0.25) is 9.00 Å². The van der Waals surface area contributed by atoms with Gasteiger partial charge in [0.05, 0.1) is 18.0 Å². The molecular weight excluding hydrogens is 380 g/mol. The van der Waals surface area contributed by atoms with E-state index in [1.54, 1.807) is 6.92 Å². The molecule has 2 rings (SSSR count). The molecule has 0 fully saturated rings. The van der Waals surface area contributed by atoms with Crippen molar-refractivity contribution in [2.24, 2.45) is 0 Å². The van der Waals surface area contributed by atoms with Gasteiger partial charge in [-0.15, -0.1) is 0 Å². The zero-order valence-corrected chi connectivity index (χ0v) is 17.6. The van der Waals surface area contributed by atoms with Crippen molar-refractivity contribution in [3.8, 4) is 11.5 Å². The molecule has 1 aromatic carbocycles. The Morgan fingerprint density at radius 2 is 1.89 bits per heavy atom. The number of oxazole rings is 1. The molecular formula is C20H28N2O5S. The Balaban J connectivity index is 1.91. The fraction of sp³-hybridized carbons (Fsp3) is 0.500. The molecule has 1 amide bonds. The largest absolute Gasteiger partial charge is 0.441 e. The molecule has 2 aromatic rings. The van der Waals surface area contributed by atoms with Gasteiger partial charge in [0.1, 0.15) is 11.5 Å². The lowest BCUT2D eigenvalue weighted by Gasteiger charge is -2.17. The first-order valence-corrected chi connectivity index (χ1v) is 10.8. The van der Waals surface area contributed by atoms with Crippen molar-refractivity contribution in [1.82, 2.24) is 10.3 Å². The summed E-state index contributed by atoms with van der Waals surface area (Å²) in [4.78, 5) is 16.5. The first kappa shape index (κ1) is 22.3. The van der Waals surface area contributed by atoms with Gasteiger partial charge in [0.2, 0.25) is 11.8 Å². The van der Waals surface area contributed by atoms with Crippen LogP contribution in [-0.4, -0.2) is 46.9 Å². The van der Waals surface area contributed by atoms with E-state index in [2.05, 4.69) is 10.3 Å². The average Bonchev–Trinajstić information content (AvgIpc) is 3.00. The summed E-state index contributed by atoms with van der Waals surface area (Å²) in [6.45, 7) is 8.67. The third kappa shape index (κ3) is 6.54. The second-order valence-corrected chi connectivity index (χ2v) is 7.67. The summed E-state index contributed by atoms with van der Waals surface area (Å²) in [5.74, 6) is 0.845. The first-order chi connectivity index (χ1) is 13.4. The molecule has 0 aliphatic carbocycles. The molecule has 1 N–H and O–H groups in total. The second-order valence-electron chi connectivity index (χ2n) is 6.21. The summed E-state index contributed by atoms with van der Waals surface area (Å²) in [6, 6.07) is 7.78. The Morgan fingerprint density at radius 1 is 1.21 bits per heavy atom. The van der Waals surface area contributed by atoms with E-state index < -0.39 is 17.1 Å². The van der Waals surface area contributed by atoms with Crippen molar-refractivity contribution in [2.45, 2.75) is 39.7 Å². The van der Waals surface area contributed by atoms with Gasteiger partial charge in [0.25, 0.3) is 0 Å². The maximum atomic E-state index is 12.4. The van der Waals surface area contributed by atoms with Crippen LogP contribution in [0.4, 0.5) is 0 Å². The summed E-state index contributed by atoms with van der Waals surface area (Å²) in [7, 11) is -1.40. The average molecular weight is 409 g/mol. The topological polar surface area (TPSA) is 90.7 Å². The Kier molecular flexibility index (Phi) is 8.82. The number of carbonyl (C=O) groups is 1. The monoisotopic (exact) mass is 408 g/mol. The zero-order chi connectivity index (χ0) is 20.5. The number of amides is 1. The number of nitrogens with one attached hydrogen (secondary N) is 1. The van der Waals surface area contributed by atoms with E-state index in [0.29, 0.717) is 30.6 Å². The molecule has 0 spiro atoms. The predicted molar refractivity (Wildman–Crippen MR) is 108 cm³/mol. The summed E-state index contributed by atoms with van der Waals surface area (Å²) in [5, 5.41) is 2.70. The minimum atomic E-state index is -1.40. The highest BCUT2D eigenvalue weighted by Gasteiger charge is 2.17. The molecule has 0 saturated heterocycles. The van der Waals surface area contributed by atoms with E-state index in [9.17, 15) is 9.00 Å². The highest BCUT2D eigenvalue weighted by Crippen LogP contribution is 2.25. The number of benzene rings is 1. The summed E-state index contributed by atoms with van der Waals surface area (Å²) < 4.78 is 28.9. The number of aryl methyl sites for hydroxylation is 2. The van der Waals surface area contributed by atoms with Crippen LogP contribution in [0.3, 0.4) is 0 Å². The molecule has 8 heteroatoms. The van der Waals surface area contributed by atoms with Crippen LogP contribution in [-0.2, 0) is 30.8 Å². The van der Waals surface area contributed by atoms with Crippen molar-refractivity contribution in [3.05, 3.63) is 41.3 Å². The number of ether oxygens (including phenoxy) is 2. The van der Waals surface area contributed by atoms with Crippen LogP contribution in [0.15, 0.2) is 28.7 Å². The molecule has 7 nitrogen and oxygen atoms in total. The molecule has 1 aromatic heterocycles. The van der Waals surface area contributed by atoms with E-state index in [1.807, 2.05) is 45.0 Å². The van der Waals surface area contributed by atoms with Crippen LogP contribution in [0.1, 0.15) is 30.9 Å². The second kappa shape index (κ2) is 11.1. The first-order valence-electron chi connectivity index (χ1n) is 9.31. The number of nitrogens with zero attached hydrogens (tertiary/aromatic N) is 1. The van der Waals surface area contributed by atoms with Gasteiger partial charge < -0.3 is 19.2 Å². The van der Waals surface area contributed by atoms with Crippen LogP contribution < -0.4 is 5.32 Å². The molecule has 0 radical (unpaired) electrons. The summed E-state index contributed by atoms with van der Waals surface area (Å²) >= 11 is 0. The van der Waals surface area contributed by atoms with Crippen molar-refractivity contribution < 1.29 is 22.9 Å². The van der Waals surface area contributed by atoms with Gasteiger partial charge in [-0.1, -0.05) is 18.2 Å². The zero-order valence-electron chi connectivity index (χ0n) is 16.8. The summed E-state index contributed by atoms with van der Waals surface area (Å²) in [6.07, 6.45) is -0.498. The predicted octanol–water partition coefficient (Wildman–Crippen LogP) is 2.72. The minimum absolute atomic E-state index is 0.114. The lowest BCUT2D eigenvalue weighted by molar-refractivity contribution is -0.139. The van der Waals surface area contributed by atoms with E-state index in [1.165, 1.54) is 0 Å². The quantitative estimate of drug-likeness (QED) is 0.575. The SMILES string of the molecule is CCOC(CNC(=O)CS(=O)Cc1nc(-c2ccccc2C)oc1C)OCC. The fourth-order valence-corrected chi connectivity index (χ4v) is 3.70. The van der Waals surface area contributed by atoms with Crippen LogP contribution in [0, 0.1) is 13.8 Å².